The van der Waals surface area contributed by atoms with Gasteiger partial charge >= 0.3 is 12.5 Å². The Morgan fingerprint density at radius 1 is 1.06 bits per heavy atom. The second kappa shape index (κ2) is 9.44. The predicted octanol–water partition coefficient (Wildman–Crippen LogP) is 4.97. The zero-order valence-electron chi connectivity index (χ0n) is 16.3. The summed E-state index contributed by atoms with van der Waals surface area (Å²) in [5.74, 6) is -2.33. The van der Waals surface area contributed by atoms with E-state index >= 15 is 0 Å². The molecule has 0 aliphatic carbocycles. The molecule has 1 amide bonds. The molecule has 12 heteroatoms. The van der Waals surface area contributed by atoms with E-state index in [2.05, 4.69) is 10.1 Å². The van der Waals surface area contributed by atoms with Crippen LogP contribution in [0.5, 0.6) is 5.75 Å². The lowest BCUT2D eigenvalue weighted by Gasteiger charge is -2.23. The highest BCUT2D eigenvalue weighted by atomic mass is 19.4. The molecule has 1 N–H and O–H groups in total. The Balaban J connectivity index is 2.01. The highest BCUT2D eigenvalue weighted by Gasteiger charge is 2.32. The van der Waals surface area contributed by atoms with E-state index in [9.17, 15) is 40.8 Å². The molecule has 2 aromatic carbocycles. The monoisotopic (exact) mass is 464 g/mol. The molecule has 32 heavy (non-hydrogen) atoms. The van der Waals surface area contributed by atoms with Crippen LogP contribution in [0.3, 0.4) is 0 Å². The van der Waals surface area contributed by atoms with Crippen LogP contribution in [-0.2, 0) is 17.5 Å². The summed E-state index contributed by atoms with van der Waals surface area (Å²) in [6.07, 6.45) is -9.59. The number of nitrogens with one attached hydrogen (secondary N) is 1. The van der Waals surface area contributed by atoms with Gasteiger partial charge < -0.3 is 14.8 Å². The Morgan fingerprint density at radius 2 is 1.69 bits per heavy atom. The van der Waals surface area contributed by atoms with Crippen molar-refractivity contribution in [2.45, 2.75) is 31.6 Å². The summed E-state index contributed by atoms with van der Waals surface area (Å²) in [6, 6.07) is 7.41. The molecule has 0 saturated heterocycles. The van der Waals surface area contributed by atoms with Crippen molar-refractivity contribution in [1.29, 1.82) is 5.26 Å². The van der Waals surface area contributed by atoms with Crippen molar-refractivity contribution in [2.24, 2.45) is 0 Å². The van der Waals surface area contributed by atoms with Gasteiger partial charge in [0.2, 0.25) is 0 Å². The van der Waals surface area contributed by atoms with Crippen LogP contribution in [0.25, 0.3) is 0 Å². The maximum absolute atomic E-state index is 13.8. The van der Waals surface area contributed by atoms with Crippen molar-refractivity contribution in [2.75, 3.05) is 6.61 Å². The number of halogens is 7. The molecule has 2 aromatic rings. The van der Waals surface area contributed by atoms with Crippen LogP contribution < -0.4 is 10.1 Å². The molecule has 0 spiro atoms. The van der Waals surface area contributed by atoms with Crippen LogP contribution in [0.4, 0.5) is 30.7 Å². The number of nitriles is 1. The van der Waals surface area contributed by atoms with Crippen LogP contribution in [0, 0.1) is 17.1 Å². The number of hydrogen-bond donors (Lipinski definition) is 1. The van der Waals surface area contributed by atoms with Crippen LogP contribution >= 0.6 is 0 Å². The normalized spacial score (nSPS) is 13.7. The van der Waals surface area contributed by atoms with E-state index < -0.39 is 59.9 Å². The van der Waals surface area contributed by atoms with Crippen molar-refractivity contribution in [3.05, 3.63) is 65.0 Å². The first-order valence-electron chi connectivity index (χ1n) is 8.75. The SMILES string of the molecule is CC(C#N)(COCc1cc(C(F)(F)F)ccc1F)NC(=O)c1ccc(OC(F)(F)F)cc1. The lowest BCUT2D eigenvalue weighted by atomic mass is 10.0. The standard InChI is InChI=1S/C20H15F7N2O3/c1-18(10-28,11-31-9-13-8-14(19(22,23)24)4-7-16(13)21)29-17(30)12-2-5-15(6-3-12)32-20(25,26)27/h2-8H,9,11H2,1H3,(H,29,30). The summed E-state index contributed by atoms with van der Waals surface area (Å²) >= 11 is 0. The summed E-state index contributed by atoms with van der Waals surface area (Å²) in [5.41, 5.74) is -3.24. The Kier molecular flexibility index (Phi) is 7.35. The lowest BCUT2D eigenvalue weighted by Crippen LogP contribution is -2.48. The van der Waals surface area contributed by atoms with Gasteiger partial charge in [-0.2, -0.15) is 18.4 Å². The van der Waals surface area contributed by atoms with Crippen molar-refractivity contribution in [1.82, 2.24) is 5.32 Å². The van der Waals surface area contributed by atoms with Gasteiger partial charge in [0.25, 0.3) is 5.91 Å². The van der Waals surface area contributed by atoms with E-state index in [4.69, 9.17) is 4.74 Å². The molecule has 0 bridgehead atoms. The van der Waals surface area contributed by atoms with Gasteiger partial charge in [0, 0.05) is 11.1 Å². The second-order valence-corrected chi connectivity index (χ2v) is 6.77. The molecule has 2 rings (SSSR count). The second-order valence-electron chi connectivity index (χ2n) is 6.77. The highest BCUT2D eigenvalue weighted by Crippen LogP contribution is 2.30. The third kappa shape index (κ3) is 7.12. The Labute approximate surface area is 177 Å². The van der Waals surface area contributed by atoms with Gasteiger partial charge in [0.05, 0.1) is 24.8 Å². The van der Waals surface area contributed by atoms with Crippen LogP contribution in [0.15, 0.2) is 42.5 Å². The number of nitrogens with zero attached hydrogens (tertiary/aromatic N) is 1. The fraction of sp³-hybridized carbons (Fsp3) is 0.300. The smallest absolute Gasteiger partial charge is 0.406 e. The Morgan fingerprint density at radius 3 is 2.22 bits per heavy atom. The molecule has 1 unspecified atom stereocenters. The van der Waals surface area contributed by atoms with Gasteiger partial charge in [0.15, 0.2) is 0 Å². The topological polar surface area (TPSA) is 71.3 Å². The number of hydrogen-bond acceptors (Lipinski definition) is 4. The highest BCUT2D eigenvalue weighted by molar-refractivity contribution is 5.95. The molecule has 0 aliphatic rings. The molecule has 0 aromatic heterocycles. The average molecular weight is 464 g/mol. The summed E-state index contributed by atoms with van der Waals surface area (Å²) in [5, 5.41) is 11.6. The first-order valence-corrected chi connectivity index (χ1v) is 8.75. The number of carbonyl (C=O) groups is 1. The lowest BCUT2D eigenvalue weighted by molar-refractivity contribution is -0.274. The number of alkyl halides is 6. The average Bonchev–Trinajstić information content (AvgIpc) is 2.67. The van der Waals surface area contributed by atoms with E-state index in [1.54, 1.807) is 6.07 Å². The minimum Gasteiger partial charge on any atom is -0.406 e. The van der Waals surface area contributed by atoms with Gasteiger partial charge in [-0.3, -0.25) is 4.79 Å². The Hall–Kier alpha value is -3.33. The zero-order valence-corrected chi connectivity index (χ0v) is 16.3. The molecule has 1 atom stereocenters. The molecule has 5 nitrogen and oxygen atoms in total. The van der Waals surface area contributed by atoms with E-state index in [1.165, 1.54) is 6.92 Å². The fourth-order valence-electron chi connectivity index (χ4n) is 2.45. The number of carbonyl (C=O) groups excluding carboxylic acids is 1. The quantitative estimate of drug-likeness (QED) is 0.588. The first-order chi connectivity index (χ1) is 14.7. The number of ether oxygens (including phenoxy) is 2. The third-order valence-corrected chi connectivity index (χ3v) is 4.01. The minimum atomic E-state index is -4.90. The molecule has 0 aliphatic heterocycles. The number of rotatable bonds is 7. The van der Waals surface area contributed by atoms with Crippen molar-refractivity contribution in [3.8, 4) is 11.8 Å². The van der Waals surface area contributed by atoms with Crippen molar-refractivity contribution in [3.63, 3.8) is 0 Å². The van der Waals surface area contributed by atoms with Crippen LogP contribution in [-0.4, -0.2) is 24.4 Å². The predicted molar refractivity (Wildman–Crippen MR) is 95.7 cm³/mol. The van der Waals surface area contributed by atoms with Crippen molar-refractivity contribution >= 4 is 5.91 Å². The van der Waals surface area contributed by atoms with Crippen LogP contribution in [0.2, 0.25) is 0 Å². The maximum atomic E-state index is 13.8. The fourth-order valence-corrected chi connectivity index (χ4v) is 2.45. The summed E-state index contributed by atoms with van der Waals surface area (Å²) in [6.45, 7) is 0.126. The van der Waals surface area contributed by atoms with Gasteiger partial charge in [-0.1, -0.05) is 0 Å². The maximum Gasteiger partial charge on any atom is 0.573 e. The van der Waals surface area contributed by atoms with E-state index in [-0.39, 0.29) is 5.56 Å². The molecular formula is C20H15F7N2O3. The van der Waals surface area contributed by atoms with Crippen molar-refractivity contribution < 1.29 is 45.0 Å². The zero-order chi connectivity index (χ0) is 24.2. The van der Waals surface area contributed by atoms with Gasteiger partial charge in [-0.15, -0.1) is 13.2 Å². The summed E-state index contributed by atoms with van der Waals surface area (Å²) in [7, 11) is 0. The van der Waals surface area contributed by atoms with Crippen LogP contribution in [0.1, 0.15) is 28.4 Å². The number of amides is 1. The Bertz CT molecular complexity index is 998. The third-order valence-electron chi connectivity index (χ3n) is 4.01. The largest absolute Gasteiger partial charge is 0.573 e. The summed E-state index contributed by atoms with van der Waals surface area (Å²) < 4.78 is 97.4. The van der Waals surface area contributed by atoms with Gasteiger partial charge in [0.1, 0.15) is 17.1 Å². The number of benzene rings is 2. The first kappa shape index (κ1) is 24.9. The molecule has 0 saturated carbocycles. The van der Waals surface area contributed by atoms with E-state index in [0.29, 0.717) is 18.2 Å². The molecule has 0 radical (unpaired) electrons. The van der Waals surface area contributed by atoms with E-state index in [1.807, 2.05) is 0 Å². The molecule has 172 valence electrons. The molecule has 0 heterocycles. The van der Waals surface area contributed by atoms with Gasteiger partial charge in [-0.05, 0) is 49.4 Å². The summed E-state index contributed by atoms with van der Waals surface area (Å²) in [4.78, 5) is 12.3. The van der Waals surface area contributed by atoms with Gasteiger partial charge in [-0.25, -0.2) is 4.39 Å². The minimum absolute atomic E-state index is 0.0927. The molecular weight excluding hydrogens is 449 g/mol. The molecule has 0 fully saturated rings. The van der Waals surface area contributed by atoms with E-state index in [0.717, 1.165) is 24.3 Å².